The first-order valence-electron chi connectivity index (χ1n) is 5.48. The second-order valence-electron chi connectivity index (χ2n) is 4.91. The van der Waals surface area contributed by atoms with Crippen LogP contribution in [-0.2, 0) is 0 Å². The van der Waals surface area contributed by atoms with Crippen LogP contribution in [0.3, 0.4) is 0 Å². The van der Waals surface area contributed by atoms with Crippen LogP contribution in [0.25, 0.3) is 0 Å². The molecule has 0 radical (unpaired) electrons. The fourth-order valence-electron chi connectivity index (χ4n) is 2.07. The first-order chi connectivity index (χ1) is 6.07. The monoisotopic (exact) mass is 184 g/mol. The lowest BCUT2D eigenvalue weighted by Gasteiger charge is -2.32. The molecule has 78 valence electrons. The van der Waals surface area contributed by atoms with Crippen molar-refractivity contribution >= 4 is 0 Å². The van der Waals surface area contributed by atoms with Crippen molar-refractivity contribution in [3.05, 3.63) is 0 Å². The maximum absolute atomic E-state index is 3.45. The molecule has 13 heavy (non-hydrogen) atoms. The third-order valence-electron chi connectivity index (χ3n) is 3.43. The Morgan fingerprint density at radius 3 is 2.69 bits per heavy atom. The van der Waals surface area contributed by atoms with Crippen molar-refractivity contribution in [2.75, 3.05) is 26.7 Å². The Labute approximate surface area is 82.7 Å². The van der Waals surface area contributed by atoms with Gasteiger partial charge in [0.2, 0.25) is 0 Å². The van der Waals surface area contributed by atoms with Crippen LogP contribution in [-0.4, -0.2) is 37.6 Å². The zero-order chi connectivity index (χ0) is 9.90. The molecule has 1 N–H and O–H groups in total. The predicted octanol–water partition coefficient (Wildman–Crippen LogP) is 1.72. The van der Waals surface area contributed by atoms with Crippen molar-refractivity contribution in [2.24, 2.45) is 5.41 Å². The molecule has 2 unspecified atom stereocenters. The van der Waals surface area contributed by atoms with Gasteiger partial charge in [-0.1, -0.05) is 13.8 Å². The van der Waals surface area contributed by atoms with Gasteiger partial charge in [0, 0.05) is 19.1 Å². The van der Waals surface area contributed by atoms with Crippen LogP contribution in [0.1, 0.15) is 33.6 Å². The molecule has 1 saturated heterocycles. The second-order valence-corrected chi connectivity index (χ2v) is 4.91. The lowest BCUT2D eigenvalue weighted by molar-refractivity contribution is 0.165. The molecule has 1 aliphatic heterocycles. The highest BCUT2D eigenvalue weighted by molar-refractivity contribution is 4.86. The highest BCUT2D eigenvalue weighted by Gasteiger charge is 2.30. The topological polar surface area (TPSA) is 15.3 Å². The minimum atomic E-state index is 0.512. The second kappa shape index (κ2) is 4.43. The van der Waals surface area contributed by atoms with Gasteiger partial charge < -0.3 is 10.2 Å². The first kappa shape index (κ1) is 11.0. The summed E-state index contributed by atoms with van der Waals surface area (Å²) in [5.41, 5.74) is 0.512. The van der Waals surface area contributed by atoms with Crippen molar-refractivity contribution in [3.8, 4) is 0 Å². The zero-order valence-electron chi connectivity index (χ0n) is 9.56. The van der Waals surface area contributed by atoms with E-state index in [1.54, 1.807) is 0 Å². The minimum absolute atomic E-state index is 0.512. The van der Waals surface area contributed by atoms with Crippen LogP contribution in [0.4, 0.5) is 0 Å². The summed E-state index contributed by atoms with van der Waals surface area (Å²) in [5, 5.41) is 3.45. The first-order valence-corrected chi connectivity index (χ1v) is 5.48. The maximum Gasteiger partial charge on any atom is 0.00614 e. The molecule has 0 amide bonds. The van der Waals surface area contributed by atoms with E-state index in [2.05, 4.69) is 38.0 Å². The quantitative estimate of drug-likeness (QED) is 0.715. The maximum atomic E-state index is 3.45. The van der Waals surface area contributed by atoms with E-state index in [4.69, 9.17) is 0 Å². The minimum Gasteiger partial charge on any atom is -0.316 e. The van der Waals surface area contributed by atoms with E-state index in [9.17, 15) is 0 Å². The van der Waals surface area contributed by atoms with Gasteiger partial charge in [0.15, 0.2) is 0 Å². The van der Waals surface area contributed by atoms with Crippen LogP contribution >= 0.6 is 0 Å². The van der Waals surface area contributed by atoms with Crippen molar-refractivity contribution in [3.63, 3.8) is 0 Å². The van der Waals surface area contributed by atoms with E-state index in [0.29, 0.717) is 5.41 Å². The van der Waals surface area contributed by atoms with Crippen LogP contribution in [0.15, 0.2) is 0 Å². The van der Waals surface area contributed by atoms with Crippen LogP contribution in [0, 0.1) is 5.41 Å². The summed E-state index contributed by atoms with van der Waals surface area (Å²) in [5.74, 6) is 0. The van der Waals surface area contributed by atoms with Gasteiger partial charge in [-0.2, -0.15) is 0 Å². The van der Waals surface area contributed by atoms with Gasteiger partial charge in [0.05, 0.1) is 0 Å². The number of hydrogen-bond donors (Lipinski definition) is 1. The van der Waals surface area contributed by atoms with Gasteiger partial charge in [-0.15, -0.1) is 0 Å². The van der Waals surface area contributed by atoms with E-state index < -0.39 is 0 Å². The van der Waals surface area contributed by atoms with Crippen molar-refractivity contribution < 1.29 is 0 Å². The fraction of sp³-hybridized carbons (Fsp3) is 1.00. The Hall–Kier alpha value is -0.0800. The molecule has 0 aromatic carbocycles. The Morgan fingerprint density at radius 1 is 1.54 bits per heavy atom. The molecule has 1 fully saturated rings. The molecule has 2 atom stereocenters. The third kappa shape index (κ3) is 2.96. The number of hydrogen-bond acceptors (Lipinski definition) is 2. The summed E-state index contributed by atoms with van der Waals surface area (Å²) in [7, 11) is 2.25. The molecular formula is C11H24N2. The Balaban J connectivity index is 2.38. The van der Waals surface area contributed by atoms with Gasteiger partial charge in [0.25, 0.3) is 0 Å². The molecule has 0 bridgehead atoms. The van der Waals surface area contributed by atoms with E-state index in [1.165, 1.54) is 32.5 Å². The van der Waals surface area contributed by atoms with E-state index in [-0.39, 0.29) is 0 Å². The van der Waals surface area contributed by atoms with Gasteiger partial charge >= 0.3 is 0 Å². The molecule has 0 aromatic rings. The molecule has 1 rings (SSSR count). The Kier molecular flexibility index (Phi) is 3.74. The summed E-state index contributed by atoms with van der Waals surface area (Å²) in [4.78, 5) is 2.49. The molecule has 1 heterocycles. The number of nitrogens with zero attached hydrogens (tertiary/aromatic N) is 1. The van der Waals surface area contributed by atoms with E-state index in [0.717, 1.165) is 6.04 Å². The molecular weight excluding hydrogens is 160 g/mol. The van der Waals surface area contributed by atoms with E-state index >= 15 is 0 Å². The molecule has 0 aliphatic carbocycles. The molecule has 2 heteroatoms. The summed E-state index contributed by atoms with van der Waals surface area (Å²) >= 11 is 0. The normalized spacial score (nSPS) is 31.2. The highest BCUT2D eigenvalue weighted by Crippen LogP contribution is 2.25. The highest BCUT2D eigenvalue weighted by atomic mass is 15.1. The lowest BCUT2D eigenvalue weighted by atomic mass is 9.89. The number of rotatable bonds is 4. The molecule has 0 saturated carbocycles. The van der Waals surface area contributed by atoms with E-state index in [1.807, 2.05) is 0 Å². The van der Waals surface area contributed by atoms with Crippen molar-refractivity contribution in [1.82, 2.24) is 10.2 Å². The average molecular weight is 184 g/mol. The largest absolute Gasteiger partial charge is 0.316 e. The third-order valence-corrected chi connectivity index (χ3v) is 3.43. The van der Waals surface area contributed by atoms with Crippen molar-refractivity contribution in [1.29, 1.82) is 0 Å². The molecule has 1 aliphatic rings. The van der Waals surface area contributed by atoms with Crippen molar-refractivity contribution in [2.45, 2.75) is 39.7 Å². The zero-order valence-corrected chi connectivity index (χ0v) is 9.56. The van der Waals surface area contributed by atoms with Crippen LogP contribution in [0.5, 0.6) is 0 Å². The summed E-state index contributed by atoms with van der Waals surface area (Å²) in [6.45, 7) is 10.6. The SMILES string of the molecule is CCC(C)N(C)CC1(C)CCNC1. The predicted molar refractivity (Wildman–Crippen MR) is 58.0 cm³/mol. The molecule has 0 spiro atoms. The van der Waals surface area contributed by atoms with Gasteiger partial charge in [-0.05, 0) is 38.8 Å². The van der Waals surface area contributed by atoms with Gasteiger partial charge in [-0.3, -0.25) is 0 Å². The lowest BCUT2D eigenvalue weighted by Crippen LogP contribution is -2.39. The molecule has 0 aromatic heterocycles. The Morgan fingerprint density at radius 2 is 2.23 bits per heavy atom. The standard InChI is InChI=1S/C11H24N2/c1-5-10(2)13(4)9-11(3)6-7-12-8-11/h10,12H,5-9H2,1-4H3. The average Bonchev–Trinajstić information content (AvgIpc) is 2.50. The summed E-state index contributed by atoms with van der Waals surface area (Å²) in [6, 6.07) is 0.720. The van der Waals surface area contributed by atoms with Crippen LogP contribution < -0.4 is 5.32 Å². The van der Waals surface area contributed by atoms with Gasteiger partial charge in [-0.25, -0.2) is 0 Å². The fourth-order valence-corrected chi connectivity index (χ4v) is 2.07. The Bertz CT molecular complexity index is 150. The van der Waals surface area contributed by atoms with Crippen LogP contribution in [0.2, 0.25) is 0 Å². The van der Waals surface area contributed by atoms with Gasteiger partial charge in [0.1, 0.15) is 0 Å². The summed E-state index contributed by atoms with van der Waals surface area (Å²) in [6.07, 6.45) is 2.58. The summed E-state index contributed by atoms with van der Waals surface area (Å²) < 4.78 is 0. The smallest absolute Gasteiger partial charge is 0.00614 e. The molecule has 2 nitrogen and oxygen atoms in total. The number of nitrogens with one attached hydrogen (secondary N) is 1.